The molecule has 0 aromatic heterocycles. The summed E-state index contributed by atoms with van der Waals surface area (Å²) in [6.07, 6.45) is 7.85. The Bertz CT molecular complexity index is 338. The van der Waals surface area contributed by atoms with Gasteiger partial charge in [0.05, 0.1) is 0 Å². The highest BCUT2D eigenvalue weighted by Gasteiger charge is 2.44. The summed E-state index contributed by atoms with van der Waals surface area (Å²) in [6, 6.07) is 2.12. The molecule has 4 heteroatoms. The molecule has 0 spiro atoms. The van der Waals surface area contributed by atoms with Crippen molar-refractivity contribution in [3.63, 3.8) is 0 Å². The molecule has 2 atom stereocenters. The minimum Gasteiger partial charge on any atom is -0.481 e. The smallest absolute Gasteiger partial charge is 0.303 e. The number of likely N-dealkylation sites (tertiary alicyclic amines) is 1. The molecule has 0 aromatic rings. The standard InChI is InChI=1S/C16H28N2O2/c1-2-17-7-5-13(6-8-17)18-14-3-4-15(18)10-12(9-14)11-16(19)20/h12-15H,2-11H2,1H3,(H,19,20). The lowest BCUT2D eigenvalue weighted by Crippen LogP contribution is -2.52. The van der Waals surface area contributed by atoms with Gasteiger partial charge in [0.25, 0.3) is 0 Å². The van der Waals surface area contributed by atoms with Crippen LogP contribution in [-0.2, 0) is 4.79 Å². The molecule has 2 unspecified atom stereocenters. The Morgan fingerprint density at radius 3 is 2.15 bits per heavy atom. The first kappa shape index (κ1) is 14.3. The maximum atomic E-state index is 10.9. The van der Waals surface area contributed by atoms with Crippen LogP contribution in [0.4, 0.5) is 0 Å². The van der Waals surface area contributed by atoms with Crippen molar-refractivity contribution in [1.29, 1.82) is 0 Å². The van der Waals surface area contributed by atoms with E-state index >= 15 is 0 Å². The van der Waals surface area contributed by atoms with E-state index < -0.39 is 5.97 Å². The Hall–Kier alpha value is -0.610. The minimum atomic E-state index is -0.612. The maximum absolute atomic E-state index is 10.9. The molecule has 0 aliphatic carbocycles. The van der Waals surface area contributed by atoms with Crippen molar-refractivity contribution in [1.82, 2.24) is 9.80 Å². The van der Waals surface area contributed by atoms with Crippen molar-refractivity contribution in [3.8, 4) is 0 Å². The fourth-order valence-electron chi connectivity index (χ4n) is 4.87. The third kappa shape index (κ3) is 2.86. The lowest BCUT2D eigenvalue weighted by atomic mass is 9.86. The predicted molar refractivity (Wildman–Crippen MR) is 78.8 cm³/mol. The van der Waals surface area contributed by atoms with Crippen LogP contribution in [0.25, 0.3) is 0 Å². The Kier molecular flexibility index (Phi) is 4.32. The van der Waals surface area contributed by atoms with E-state index in [9.17, 15) is 4.79 Å². The molecule has 1 N–H and O–H groups in total. The number of carboxylic acids is 1. The van der Waals surface area contributed by atoms with Crippen molar-refractivity contribution >= 4 is 5.97 Å². The van der Waals surface area contributed by atoms with Gasteiger partial charge in [0.2, 0.25) is 0 Å². The van der Waals surface area contributed by atoms with Gasteiger partial charge in [0.15, 0.2) is 0 Å². The van der Waals surface area contributed by atoms with Gasteiger partial charge in [-0.3, -0.25) is 9.69 Å². The van der Waals surface area contributed by atoms with Crippen LogP contribution in [0, 0.1) is 5.92 Å². The molecule has 3 aliphatic rings. The first-order valence-corrected chi connectivity index (χ1v) is 8.39. The molecule has 0 aromatic carbocycles. The largest absolute Gasteiger partial charge is 0.481 e. The average molecular weight is 280 g/mol. The van der Waals surface area contributed by atoms with Gasteiger partial charge in [-0.05, 0) is 64.1 Å². The first-order valence-electron chi connectivity index (χ1n) is 8.39. The fraction of sp³-hybridized carbons (Fsp3) is 0.938. The normalized spacial score (nSPS) is 36.4. The SMILES string of the molecule is CCN1CCC(N2C3CCC2CC(CC(=O)O)C3)CC1. The highest BCUT2D eigenvalue weighted by molar-refractivity contribution is 5.67. The summed E-state index contributed by atoms with van der Waals surface area (Å²) in [6.45, 7) is 5.92. The van der Waals surface area contributed by atoms with Crippen LogP contribution >= 0.6 is 0 Å². The van der Waals surface area contributed by atoms with Gasteiger partial charge < -0.3 is 10.0 Å². The van der Waals surface area contributed by atoms with Crippen molar-refractivity contribution in [3.05, 3.63) is 0 Å². The number of piperidine rings is 2. The lowest BCUT2D eigenvalue weighted by Gasteiger charge is -2.46. The molecule has 0 amide bonds. The quantitative estimate of drug-likeness (QED) is 0.857. The molecule has 3 fully saturated rings. The van der Waals surface area contributed by atoms with Gasteiger partial charge >= 0.3 is 5.97 Å². The van der Waals surface area contributed by atoms with Crippen molar-refractivity contribution in [2.45, 2.75) is 70.0 Å². The molecular weight excluding hydrogens is 252 g/mol. The number of hydrogen-bond donors (Lipinski definition) is 1. The molecule has 4 nitrogen and oxygen atoms in total. The van der Waals surface area contributed by atoms with Crippen LogP contribution in [0.3, 0.4) is 0 Å². The van der Waals surface area contributed by atoms with Crippen LogP contribution in [0.5, 0.6) is 0 Å². The second-order valence-electron chi connectivity index (χ2n) is 6.93. The second kappa shape index (κ2) is 6.02. The van der Waals surface area contributed by atoms with Crippen LogP contribution < -0.4 is 0 Å². The zero-order valence-corrected chi connectivity index (χ0v) is 12.6. The van der Waals surface area contributed by atoms with Gasteiger partial charge in [0, 0.05) is 24.5 Å². The summed E-state index contributed by atoms with van der Waals surface area (Å²) < 4.78 is 0. The Balaban J connectivity index is 1.58. The molecule has 2 bridgehead atoms. The molecule has 3 heterocycles. The number of aliphatic carboxylic acids is 1. The molecule has 3 saturated heterocycles. The molecule has 3 aliphatic heterocycles. The summed E-state index contributed by atoms with van der Waals surface area (Å²) in [4.78, 5) is 16.3. The summed E-state index contributed by atoms with van der Waals surface area (Å²) in [5, 5.41) is 9.01. The molecule has 20 heavy (non-hydrogen) atoms. The Morgan fingerprint density at radius 2 is 1.65 bits per heavy atom. The average Bonchev–Trinajstić information content (AvgIpc) is 2.70. The topological polar surface area (TPSA) is 43.8 Å². The van der Waals surface area contributed by atoms with Crippen molar-refractivity contribution in [2.75, 3.05) is 19.6 Å². The van der Waals surface area contributed by atoms with Gasteiger partial charge in [-0.2, -0.15) is 0 Å². The molecule has 0 saturated carbocycles. The third-order valence-electron chi connectivity index (χ3n) is 5.78. The van der Waals surface area contributed by atoms with Gasteiger partial charge in [-0.25, -0.2) is 0 Å². The zero-order chi connectivity index (χ0) is 14.1. The van der Waals surface area contributed by atoms with Crippen LogP contribution in [-0.4, -0.2) is 58.6 Å². The molecule has 0 radical (unpaired) electrons. The zero-order valence-electron chi connectivity index (χ0n) is 12.6. The number of fused-ring (bicyclic) bond motifs is 2. The van der Waals surface area contributed by atoms with E-state index in [1.165, 1.54) is 45.3 Å². The van der Waals surface area contributed by atoms with E-state index in [1.807, 2.05) is 0 Å². The van der Waals surface area contributed by atoms with Crippen molar-refractivity contribution < 1.29 is 9.90 Å². The number of carbonyl (C=O) groups is 1. The van der Waals surface area contributed by atoms with Crippen LogP contribution in [0.2, 0.25) is 0 Å². The van der Waals surface area contributed by atoms with E-state index in [0.717, 1.165) is 18.9 Å². The highest BCUT2D eigenvalue weighted by atomic mass is 16.4. The summed E-state index contributed by atoms with van der Waals surface area (Å²) >= 11 is 0. The van der Waals surface area contributed by atoms with Crippen molar-refractivity contribution in [2.24, 2.45) is 5.92 Å². The lowest BCUT2D eigenvalue weighted by molar-refractivity contribution is -0.138. The first-order chi connectivity index (χ1) is 9.67. The number of nitrogens with zero attached hydrogens (tertiary/aromatic N) is 2. The van der Waals surface area contributed by atoms with E-state index in [2.05, 4.69) is 16.7 Å². The van der Waals surface area contributed by atoms with Crippen LogP contribution in [0.1, 0.15) is 51.9 Å². The van der Waals surface area contributed by atoms with E-state index in [4.69, 9.17) is 5.11 Å². The molecule has 114 valence electrons. The van der Waals surface area contributed by atoms with Crippen LogP contribution in [0.15, 0.2) is 0 Å². The second-order valence-corrected chi connectivity index (χ2v) is 6.93. The fourth-order valence-corrected chi connectivity index (χ4v) is 4.87. The molecule has 3 rings (SSSR count). The number of carboxylic acid groups (broad SMARTS) is 1. The predicted octanol–water partition coefficient (Wildman–Crippen LogP) is 2.19. The Labute approximate surface area is 122 Å². The summed E-state index contributed by atoms with van der Waals surface area (Å²) in [5.74, 6) is -0.184. The monoisotopic (exact) mass is 280 g/mol. The van der Waals surface area contributed by atoms with E-state index in [0.29, 0.717) is 24.4 Å². The Morgan fingerprint density at radius 1 is 1.05 bits per heavy atom. The maximum Gasteiger partial charge on any atom is 0.303 e. The summed E-state index contributed by atoms with van der Waals surface area (Å²) in [7, 11) is 0. The van der Waals surface area contributed by atoms with E-state index in [1.54, 1.807) is 0 Å². The minimum absolute atomic E-state index is 0.384. The summed E-state index contributed by atoms with van der Waals surface area (Å²) in [5.41, 5.74) is 0. The van der Waals surface area contributed by atoms with Gasteiger partial charge in [-0.15, -0.1) is 0 Å². The van der Waals surface area contributed by atoms with Gasteiger partial charge in [0.1, 0.15) is 0 Å². The highest BCUT2D eigenvalue weighted by Crippen LogP contribution is 2.42. The number of hydrogen-bond acceptors (Lipinski definition) is 3. The molecular formula is C16H28N2O2. The van der Waals surface area contributed by atoms with Gasteiger partial charge in [-0.1, -0.05) is 6.92 Å². The van der Waals surface area contributed by atoms with E-state index in [-0.39, 0.29) is 0 Å². The number of rotatable bonds is 4. The third-order valence-corrected chi connectivity index (χ3v) is 5.78.